The maximum Gasteiger partial charge on any atom is 0.0694 e. The first-order valence-corrected chi connectivity index (χ1v) is 6.95. The van der Waals surface area contributed by atoms with Gasteiger partial charge in [-0.2, -0.15) is 5.10 Å². The molecule has 1 aromatic heterocycles. The van der Waals surface area contributed by atoms with Gasteiger partial charge in [0.2, 0.25) is 0 Å². The molecule has 2 rings (SSSR count). The van der Waals surface area contributed by atoms with Crippen LogP contribution in [0.5, 0.6) is 0 Å². The number of benzene rings is 1. The van der Waals surface area contributed by atoms with E-state index in [4.69, 9.17) is 0 Å². The molecule has 2 aromatic rings. The molecule has 0 radical (unpaired) electrons. The van der Waals surface area contributed by atoms with E-state index in [1.807, 2.05) is 17.1 Å². The maximum absolute atomic E-state index is 4.39. The lowest BCUT2D eigenvalue weighted by atomic mass is 10.1. The van der Waals surface area contributed by atoms with Gasteiger partial charge in [0.15, 0.2) is 0 Å². The van der Waals surface area contributed by atoms with Crippen molar-refractivity contribution in [1.82, 2.24) is 15.1 Å². The van der Waals surface area contributed by atoms with Crippen LogP contribution in [0, 0.1) is 6.92 Å². The summed E-state index contributed by atoms with van der Waals surface area (Å²) in [5.74, 6) is 0. The van der Waals surface area contributed by atoms with Gasteiger partial charge in [0, 0.05) is 16.7 Å². The van der Waals surface area contributed by atoms with Crippen molar-refractivity contribution in [3.05, 3.63) is 46.2 Å². The van der Waals surface area contributed by atoms with E-state index in [0.29, 0.717) is 6.04 Å². The number of hydrogen-bond acceptors (Lipinski definition) is 2. The second kappa shape index (κ2) is 5.67. The third-order valence-corrected chi connectivity index (χ3v) is 3.42. The molecular formula is C14H18BrN3. The summed E-state index contributed by atoms with van der Waals surface area (Å²) in [4.78, 5) is 0. The van der Waals surface area contributed by atoms with Gasteiger partial charge in [0.05, 0.1) is 11.9 Å². The summed E-state index contributed by atoms with van der Waals surface area (Å²) < 4.78 is 3.03. The van der Waals surface area contributed by atoms with E-state index in [1.165, 1.54) is 11.1 Å². The first kappa shape index (κ1) is 13.3. The van der Waals surface area contributed by atoms with E-state index >= 15 is 0 Å². The monoisotopic (exact) mass is 307 g/mol. The quantitative estimate of drug-likeness (QED) is 0.935. The summed E-state index contributed by atoms with van der Waals surface area (Å²) in [6.07, 6.45) is 3.93. The van der Waals surface area contributed by atoms with Crippen molar-refractivity contribution in [1.29, 1.82) is 0 Å². The Hall–Kier alpha value is -1.13. The van der Waals surface area contributed by atoms with Crippen LogP contribution in [0.1, 0.15) is 31.0 Å². The molecule has 1 atom stereocenters. The number of hydrogen-bond donors (Lipinski definition) is 1. The van der Waals surface area contributed by atoms with E-state index in [9.17, 15) is 0 Å². The highest BCUT2D eigenvalue weighted by Crippen LogP contribution is 2.25. The highest BCUT2D eigenvalue weighted by Gasteiger charge is 2.12. The van der Waals surface area contributed by atoms with Gasteiger partial charge in [-0.15, -0.1) is 0 Å². The molecule has 3 nitrogen and oxygen atoms in total. The lowest BCUT2D eigenvalue weighted by Gasteiger charge is -2.17. The summed E-state index contributed by atoms with van der Waals surface area (Å²) in [7, 11) is 0. The minimum atomic E-state index is 0.298. The third kappa shape index (κ3) is 2.82. The van der Waals surface area contributed by atoms with Crippen molar-refractivity contribution in [3.8, 4) is 5.69 Å². The van der Waals surface area contributed by atoms with Gasteiger partial charge in [-0.25, -0.2) is 4.68 Å². The molecule has 1 aromatic carbocycles. The Kier molecular flexibility index (Phi) is 4.19. The molecular weight excluding hydrogens is 290 g/mol. The van der Waals surface area contributed by atoms with Gasteiger partial charge in [-0.1, -0.05) is 22.9 Å². The molecule has 0 aliphatic heterocycles. The molecule has 18 heavy (non-hydrogen) atoms. The van der Waals surface area contributed by atoms with Gasteiger partial charge < -0.3 is 5.32 Å². The Labute approximate surface area is 116 Å². The number of halogens is 1. The summed E-state index contributed by atoms with van der Waals surface area (Å²) in [6.45, 7) is 7.29. The number of aromatic nitrogens is 2. The average Bonchev–Trinajstić information content (AvgIpc) is 2.76. The summed E-state index contributed by atoms with van der Waals surface area (Å²) in [5.41, 5.74) is 3.54. The maximum atomic E-state index is 4.39. The molecule has 1 N–H and O–H groups in total. The van der Waals surface area contributed by atoms with E-state index < -0.39 is 0 Å². The topological polar surface area (TPSA) is 29.9 Å². The van der Waals surface area contributed by atoms with Gasteiger partial charge >= 0.3 is 0 Å². The first-order valence-electron chi connectivity index (χ1n) is 6.16. The summed E-state index contributed by atoms with van der Waals surface area (Å²) in [5, 5.41) is 7.84. The summed E-state index contributed by atoms with van der Waals surface area (Å²) >= 11 is 3.54. The van der Waals surface area contributed by atoms with Crippen LogP contribution in [0.15, 0.2) is 35.1 Å². The summed E-state index contributed by atoms with van der Waals surface area (Å²) in [6, 6.07) is 6.60. The fourth-order valence-corrected chi connectivity index (χ4v) is 2.42. The number of nitrogens with zero attached hydrogens (tertiary/aromatic N) is 2. The molecule has 4 heteroatoms. The highest BCUT2D eigenvalue weighted by molar-refractivity contribution is 9.10. The van der Waals surface area contributed by atoms with Gasteiger partial charge in [-0.05, 0) is 49.7 Å². The van der Waals surface area contributed by atoms with Crippen molar-refractivity contribution in [2.24, 2.45) is 0 Å². The smallest absolute Gasteiger partial charge is 0.0694 e. The molecule has 0 saturated heterocycles. The fourth-order valence-electron chi connectivity index (χ4n) is 2.04. The number of nitrogens with one attached hydrogen (secondary N) is 1. The lowest BCUT2D eigenvalue weighted by molar-refractivity contribution is 0.593. The molecule has 0 saturated carbocycles. The Morgan fingerprint density at radius 2 is 2.22 bits per heavy atom. The van der Waals surface area contributed by atoms with Crippen LogP contribution in [0.4, 0.5) is 0 Å². The Balaban J connectivity index is 2.46. The zero-order chi connectivity index (χ0) is 13.1. The molecule has 0 aliphatic carbocycles. The Morgan fingerprint density at radius 1 is 1.44 bits per heavy atom. The normalized spacial score (nSPS) is 12.7. The Morgan fingerprint density at radius 3 is 2.83 bits per heavy atom. The Bertz CT molecular complexity index is 534. The van der Waals surface area contributed by atoms with Crippen LogP contribution in [0.2, 0.25) is 0 Å². The van der Waals surface area contributed by atoms with E-state index in [-0.39, 0.29) is 0 Å². The van der Waals surface area contributed by atoms with Crippen molar-refractivity contribution in [2.45, 2.75) is 26.8 Å². The molecule has 96 valence electrons. The fraction of sp³-hybridized carbons (Fsp3) is 0.357. The van der Waals surface area contributed by atoms with Crippen LogP contribution in [-0.2, 0) is 0 Å². The average molecular weight is 308 g/mol. The SMILES string of the molecule is CCNC(C)c1cc(Br)ccc1-n1cc(C)cn1. The van der Waals surface area contributed by atoms with E-state index in [0.717, 1.165) is 16.7 Å². The first-order chi connectivity index (χ1) is 8.61. The van der Waals surface area contributed by atoms with E-state index in [1.54, 1.807) is 0 Å². The molecule has 0 bridgehead atoms. The van der Waals surface area contributed by atoms with Gasteiger partial charge in [0.25, 0.3) is 0 Å². The molecule has 0 aliphatic rings. The van der Waals surface area contributed by atoms with Crippen LogP contribution in [0.3, 0.4) is 0 Å². The van der Waals surface area contributed by atoms with Gasteiger partial charge in [-0.3, -0.25) is 0 Å². The predicted octanol–water partition coefficient (Wildman–Crippen LogP) is 3.61. The van der Waals surface area contributed by atoms with Crippen LogP contribution < -0.4 is 5.32 Å². The van der Waals surface area contributed by atoms with Crippen LogP contribution in [-0.4, -0.2) is 16.3 Å². The molecule has 1 heterocycles. The molecule has 1 unspecified atom stereocenters. The minimum Gasteiger partial charge on any atom is -0.310 e. The lowest BCUT2D eigenvalue weighted by Crippen LogP contribution is -2.19. The third-order valence-electron chi connectivity index (χ3n) is 2.92. The van der Waals surface area contributed by atoms with Crippen molar-refractivity contribution < 1.29 is 0 Å². The van der Waals surface area contributed by atoms with E-state index in [2.05, 4.69) is 65.3 Å². The standard InChI is InChI=1S/C14H18BrN3/c1-4-16-11(3)13-7-12(15)5-6-14(13)18-9-10(2)8-17-18/h5-9,11,16H,4H2,1-3H3. The second-order valence-electron chi connectivity index (χ2n) is 4.44. The molecule has 0 spiro atoms. The molecule has 0 fully saturated rings. The van der Waals surface area contributed by atoms with Crippen molar-refractivity contribution in [2.75, 3.05) is 6.54 Å². The zero-order valence-electron chi connectivity index (χ0n) is 10.9. The van der Waals surface area contributed by atoms with Crippen molar-refractivity contribution in [3.63, 3.8) is 0 Å². The zero-order valence-corrected chi connectivity index (χ0v) is 12.5. The predicted molar refractivity (Wildman–Crippen MR) is 78.1 cm³/mol. The highest BCUT2D eigenvalue weighted by atomic mass is 79.9. The largest absolute Gasteiger partial charge is 0.310 e. The minimum absolute atomic E-state index is 0.298. The number of rotatable bonds is 4. The second-order valence-corrected chi connectivity index (χ2v) is 5.36. The number of aryl methyl sites for hydroxylation is 1. The van der Waals surface area contributed by atoms with Crippen molar-refractivity contribution >= 4 is 15.9 Å². The van der Waals surface area contributed by atoms with Gasteiger partial charge in [0.1, 0.15) is 0 Å². The van der Waals surface area contributed by atoms with Crippen LogP contribution >= 0.6 is 15.9 Å². The molecule has 0 amide bonds. The van der Waals surface area contributed by atoms with Crippen LogP contribution in [0.25, 0.3) is 5.69 Å².